The topological polar surface area (TPSA) is 44.4 Å². The summed E-state index contributed by atoms with van der Waals surface area (Å²) in [5.41, 5.74) is 0. The summed E-state index contributed by atoms with van der Waals surface area (Å²) in [5.74, 6) is 1.03. The van der Waals surface area contributed by atoms with Gasteiger partial charge in [0.25, 0.3) is 0 Å². The average molecular weight is 267 g/mol. The fourth-order valence-electron chi connectivity index (χ4n) is 3.28. The average Bonchev–Trinajstić information content (AvgIpc) is 2.93. The summed E-state index contributed by atoms with van der Waals surface area (Å²) < 4.78 is 0. The van der Waals surface area contributed by atoms with Gasteiger partial charge in [0.05, 0.1) is 5.92 Å². The van der Waals surface area contributed by atoms with E-state index in [0.717, 1.165) is 32.5 Å². The molecule has 2 N–H and O–H groups in total. The molecule has 2 unspecified atom stereocenters. The third-order valence-corrected chi connectivity index (χ3v) is 4.53. The van der Waals surface area contributed by atoms with E-state index in [1.807, 2.05) is 0 Å². The second-order valence-electron chi connectivity index (χ2n) is 6.34. The number of piperidine rings is 1. The fraction of sp³-hybridized carbons (Fsp3) is 0.933. The Kier molecular flexibility index (Phi) is 5.64. The van der Waals surface area contributed by atoms with E-state index < -0.39 is 0 Å². The van der Waals surface area contributed by atoms with E-state index in [1.54, 1.807) is 0 Å². The van der Waals surface area contributed by atoms with Crippen molar-refractivity contribution in [1.82, 2.24) is 15.5 Å². The van der Waals surface area contributed by atoms with E-state index in [9.17, 15) is 4.79 Å². The van der Waals surface area contributed by atoms with Crippen LogP contribution in [0.3, 0.4) is 0 Å². The molecule has 4 heteroatoms. The molecule has 0 saturated carbocycles. The summed E-state index contributed by atoms with van der Waals surface area (Å²) in [6.07, 6.45) is 4.78. The van der Waals surface area contributed by atoms with Crippen molar-refractivity contribution >= 4 is 5.91 Å². The van der Waals surface area contributed by atoms with Crippen LogP contribution in [0.4, 0.5) is 0 Å². The van der Waals surface area contributed by atoms with E-state index in [1.165, 1.54) is 25.9 Å². The molecule has 1 amide bonds. The standard InChI is InChI=1S/C15H29N3O/c1-12(2)14(18-8-3-4-9-18)11-17-15(19)13-6-5-7-16-10-13/h12-14,16H,3-11H2,1-2H3,(H,17,19). The molecule has 2 aliphatic rings. The molecule has 2 saturated heterocycles. The van der Waals surface area contributed by atoms with Crippen molar-refractivity contribution in [2.45, 2.75) is 45.6 Å². The SMILES string of the molecule is CC(C)C(CNC(=O)C1CCCNC1)N1CCCC1. The number of rotatable bonds is 5. The molecule has 110 valence electrons. The molecule has 0 aromatic rings. The number of carbonyl (C=O) groups is 1. The van der Waals surface area contributed by atoms with Gasteiger partial charge in [0, 0.05) is 19.1 Å². The Labute approximate surface area is 117 Å². The first kappa shape index (κ1) is 14.8. The Morgan fingerprint density at radius 3 is 2.63 bits per heavy atom. The maximum Gasteiger partial charge on any atom is 0.224 e. The zero-order valence-electron chi connectivity index (χ0n) is 12.5. The number of hydrogen-bond donors (Lipinski definition) is 2. The van der Waals surface area contributed by atoms with E-state index in [4.69, 9.17) is 0 Å². The van der Waals surface area contributed by atoms with Gasteiger partial charge in [0.15, 0.2) is 0 Å². The molecular weight excluding hydrogens is 238 g/mol. The van der Waals surface area contributed by atoms with E-state index in [0.29, 0.717) is 12.0 Å². The Bertz CT molecular complexity index is 281. The minimum atomic E-state index is 0.181. The van der Waals surface area contributed by atoms with Crippen LogP contribution in [0.5, 0.6) is 0 Å². The normalized spacial score (nSPS) is 26.6. The van der Waals surface area contributed by atoms with Crippen LogP contribution in [0.1, 0.15) is 39.5 Å². The molecule has 0 aliphatic carbocycles. The van der Waals surface area contributed by atoms with Crippen LogP contribution >= 0.6 is 0 Å². The number of likely N-dealkylation sites (tertiary alicyclic amines) is 1. The molecule has 0 aromatic heterocycles. The first-order valence-corrected chi connectivity index (χ1v) is 7.91. The Hall–Kier alpha value is -0.610. The Morgan fingerprint density at radius 1 is 1.32 bits per heavy atom. The van der Waals surface area contributed by atoms with Crippen LogP contribution in [0.25, 0.3) is 0 Å². The Morgan fingerprint density at radius 2 is 2.05 bits per heavy atom. The molecule has 0 radical (unpaired) electrons. The lowest BCUT2D eigenvalue weighted by Gasteiger charge is -2.32. The maximum atomic E-state index is 12.2. The second kappa shape index (κ2) is 7.25. The molecule has 2 heterocycles. The first-order chi connectivity index (χ1) is 9.18. The molecule has 2 aliphatic heterocycles. The van der Waals surface area contributed by atoms with Crippen molar-refractivity contribution in [2.24, 2.45) is 11.8 Å². The van der Waals surface area contributed by atoms with Crippen molar-refractivity contribution < 1.29 is 4.79 Å². The van der Waals surface area contributed by atoms with E-state index in [-0.39, 0.29) is 11.8 Å². The Balaban J connectivity index is 1.79. The van der Waals surface area contributed by atoms with Gasteiger partial charge in [-0.25, -0.2) is 0 Å². The minimum absolute atomic E-state index is 0.181. The lowest BCUT2D eigenvalue weighted by atomic mass is 9.98. The lowest BCUT2D eigenvalue weighted by molar-refractivity contribution is -0.125. The van der Waals surface area contributed by atoms with Gasteiger partial charge in [0.1, 0.15) is 0 Å². The quantitative estimate of drug-likeness (QED) is 0.787. The lowest BCUT2D eigenvalue weighted by Crippen LogP contribution is -2.48. The first-order valence-electron chi connectivity index (χ1n) is 7.91. The van der Waals surface area contributed by atoms with Gasteiger partial charge in [-0.3, -0.25) is 9.69 Å². The monoisotopic (exact) mass is 267 g/mol. The number of nitrogens with zero attached hydrogens (tertiary/aromatic N) is 1. The summed E-state index contributed by atoms with van der Waals surface area (Å²) in [6, 6.07) is 0.503. The minimum Gasteiger partial charge on any atom is -0.354 e. The van der Waals surface area contributed by atoms with Crippen LogP contribution in [0.2, 0.25) is 0 Å². The highest BCUT2D eigenvalue weighted by Gasteiger charge is 2.26. The number of amides is 1. The summed E-state index contributed by atoms with van der Waals surface area (Å²) in [7, 11) is 0. The highest BCUT2D eigenvalue weighted by molar-refractivity contribution is 5.79. The predicted octanol–water partition coefficient (Wildman–Crippen LogP) is 1.22. The van der Waals surface area contributed by atoms with Crippen LogP contribution < -0.4 is 10.6 Å². The van der Waals surface area contributed by atoms with Crippen molar-refractivity contribution in [3.05, 3.63) is 0 Å². The zero-order valence-corrected chi connectivity index (χ0v) is 12.5. The summed E-state index contributed by atoms with van der Waals surface area (Å²) in [5, 5.41) is 6.50. The molecule has 4 nitrogen and oxygen atoms in total. The third-order valence-electron chi connectivity index (χ3n) is 4.53. The molecule has 2 rings (SSSR count). The van der Waals surface area contributed by atoms with Crippen molar-refractivity contribution in [2.75, 3.05) is 32.7 Å². The maximum absolute atomic E-state index is 12.2. The van der Waals surface area contributed by atoms with Crippen LogP contribution in [0, 0.1) is 11.8 Å². The summed E-state index contributed by atoms with van der Waals surface area (Å²) in [6.45, 7) is 9.64. The third kappa shape index (κ3) is 4.18. The molecule has 2 atom stereocenters. The van der Waals surface area contributed by atoms with E-state index >= 15 is 0 Å². The number of nitrogens with one attached hydrogen (secondary N) is 2. The predicted molar refractivity (Wildman–Crippen MR) is 78.0 cm³/mol. The highest BCUT2D eigenvalue weighted by Crippen LogP contribution is 2.17. The summed E-state index contributed by atoms with van der Waals surface area (Å²) >= 11 is 0. The molecule has 0 spiro atoms. The van der Waals surface area contributed by atoms with Gasteiger partial charge < -0.3 is 10.6 Å². The van der Waals surface area contributed by atoms with Gasteiger partial charge in [-0.1, -0.05) is 13.8 Å². The van der Waals surface area contributed by atoms with Crippen LogP contribution in [-0.4, -0.2) is 49.6 Å². The largest absolute Gasteiger partial charge is 0.354 e. The van der Waals surface area contributed by atoms with Crippen LogP contribution in [0.15, 0.2) is 0 Å². The van der Waals surface area contributed by atoms with Crippen molar-refractivity contribution in [1.29, 1.82) is 0 Å². The van der Waals surface area contributed by atoms with Crippen molar-refractivity contribution in [3.63, 3.8) is 0 Å². The number of hydrogen-bond acceptors (Lipinski definition) is 3. The fourth-order valence-corrected chi connectivity index (χ4v) is 3.28. The molecule has 0 aromatic carbocycles. The smallest absolute Gasteiger partial charge is 0.224 e. The van der Waals surface area contributed by atoms with Crippen LogP contribution in [-0.2, 0) is 4.79 Å². The highest BCUT2D eigenvalue weighted by atomic mass is 16.1. The zero-order chi connectivity index (χ0) is 13.7. The molecule has 0 bridgehead atoms. The van der Waals surface area contributed by atoms with Gasteiger partial charge >= 0.3 is 0 Å². The van der Waals surface area contributed by atoms with Crippen molar-refractivity contribution in [3.8, 4) is 0 Å². The molecular formula is C15H29N3O. The van der Waals surface area contributed by atoms with Gasteiger partial charge in [0.2, 0.25) is 5.91 Å². The molecule has 19 heavy (non-hydrogen) atoms. The molecule has 2 fully saturated rings. The van der Waals surface area contributed by atoms with Gasteiger partial charge in [-0.05, 0) is 51.2 Å². The second-order valence-corrected chi connectivity index (χ2v) is 6.34. The summed E-state index contributed by atoms with van der Waals surface area (Å²) in [4.78, 5) is 14.7. The number of carbonyl (C=O) groups excluding carboxylic acids is 1. The van der Waals surface area contributed by atoms with Gasteiger partial charge in [-0.2, -0.15) is 0 Å². The van der Waals surface area contributed by atoms with Gasteiger partial charge in [-0.15, -0.1) is 0 Å². The van der Waals surface area contributed by atoms with E-state index in [2.05, 4.69) is 29.4 Å².